The number of amidine groups is 1. The summed E-state index contributed by atoms with van der Waals surface area (Å²) in [6, 6.07) is 2.30. The number of likely N-dealkylation sites (N-methyl/N-ethyl adjacent to an activating group) is 1. The number of hydrazone groups is 1. The van der Waals surface area contributed by atoms with Gasteiger partial charge in [0.2, 0.25) is 5.91 Å². The van der Waals surface area contributed by atoms with Crippen LogP contribution < -0.4 is 21.4 Å². The van der Waals surface area contributed by atoms with Gasteiger partial charge in [-0.15, -0.1) is 0 Å². The van der Waals surface area contributed by atoms with Crippen molar-refractivity contribution >= 4 is 23.1 Å². The zero-order valence-electron chi connectivity index (χ0n) is 21.9. The van der Waals surface area contributed by atoms with Crippen molar-refractivity contribution in [2.45, 2.75) is 65.1 Å². The number of carbonyl (C=O) groups is 1. The van der Waals surface area contributed by atoms with Crippen molar-refractivity contribution in [3.63, 3.8) is 0 Å². The van der Waals surface area contributed by atoms with E-state index in [1.807, 2.05) is 14.0 Å². The summed E-state index contributed by atoms with van der Waals surface area (Å²) in [5.74, 6) is -1.21. The van der Waals surface area contributed by atoms with Gasteiger partial charge in [-0.2, -0.15) is 5.10 Å². The first-order chi connectivity index (χ1) is 17.1. The first-order valence-electron chi connectivity index (χ1n) is 12.6. The lowest BCUT2D eigenvalue weighted by atomic mass is 9.96. The molecule has 1 saturated heterocycles. The molecule has 3 atom stereocenters. The summed E-state index contributed by atoms with van der Waals surface area (Å²) >= 11 is 0. The van der Waals surface area contributed by atoms with Gasteiger partial charge in [0.1, 0.15) is 35.3 Å². The molecule has 200 valence electrons. The van der Waals surface area contributed by atoms with E-state index in [9.17, 15) is 4.79 Å². The van der Waals surface area contributed by atoms with Gasteiger partial charge in [-0.05, 0) is 32.0 Å². The number of oxime groups is 1. The van der Waals surface area contributed by atoms with E-state index >= 15 is 8.78 Å². The quantitative estimate of drug-likeness (QED) is 0.255. The number of piperazine rings is 1. The van der Waals surface area contributed by atoms with Crippen LogP contribution >= 0.6 is 0 Å². The van der Waals surface area contributed by atoms with E-state index in [4.69, 9.17) is 10.6 Å². The van der Waals surface area contributed by atoms with Gasteiger partial charge >= 0.3 is 0 Å². The number of nitrogens with one attached hydrogen (secondary N) is 2. The number of carbonyl (C=O) groups excluding carboxylic acids is 1. The van der Waals surface area contributed by atoms with Crippen LogP contribution in [0, 0.1) is 17.6 Å². The molecular weight excluding hydrogens is 468 g/mol. The highest BCUT2D eigenvalue weighted by Crippen LogP contribution is 2.31. The van der Waals surface area contributed by atoms with E-state index < -0.39 is 17.7 Å². The number of halogens is 2. The first kappa shape index (κ1) is 27.6. The van der Waals surface area contributed by atoms with Crippen molar-refractivity contribution < 1.29 is 18.4 Å². The van der Waals surface area contributed by atoms with Crippen LogP contribution in [-0.4, -0.2) is 73.8 Å². The molecule has 0 radical (unpaired) electrons. The molecule has 3 rings (SSSR count). The van der Waals surface area contributed by atoms with Crippen LogP contribution in [0.4, 0.5) is 14.5 Å². The van der Waals surface area contributed by atoms with Crippen molar-refractivity contribution in [3.8, 4) is 0 Å². The summed E-state index contributed by atoms with van der Waals surface area (Å²) in [6.07, 6.45) is 1.91. The highest BCUT2D eigenvalue weighted by Gasteiger charge is 2.34. The molecule has 3 unspecified atom stereocenters. The van der Waals surface area contributed by atoms with Crippen molar-refractivity contribution in [1.82, 2.24) is 15.6 Å². The van der Waals surface area contributed by atoms with Gasteiger partial charge < -0.3 is 31.1 Å². The Labute approximate surface area is 212 Å². The topological polar surface area (TPSA) is 108 Å². The fourth-order valence-electron chi connectivity index (χ4n) is 4.47. The molecule has 1 amide bonds. The zero-order chi connectivity index (χ0) is 26.4. The van der Waals surface area contributed by atoms with Crippen LogP contribution in [0.25, 0.3) is 0 Å². The Morgan fingerprint density at radius 2 is 1.94 bits per heavy atom. The largest absolute Gasteiger partial charge is 0.391 e. The zero-order valence-corrected chi connectivity index (χ0v) is 21.9. The third-order valence-corrected chi connectivity index (χ3v) is 6.92. The minimum absolute atomic E-state index is 0.00824. The van der Waals surface area contributed by atoms with Crippen LogP contribution in [-0.2, 0) is 9.63 Å². The molecule has 36 heavy (non-hydrogen) atoms. The standard InChI is InChI=1S/C25H39F2N7O2/c1-6-18(7-2)30-31-25(28)22-14-33(5)8-9-34(22)24-19(26)10-17(11-20(24)27)21-12-23(36-32-21)15(3)13-29-16(4)35/h10-11,15,18,22-23,30H,6-9,12-14H2,1-5H3,(H2,28,31)(H,29,35). The lowest BCUT2D eigenvalue weighted by molar-refractivity contribution is -0.119. The second-order valence-electron chi connectivity index (χ2n) is 9.74. The summed E-state index contributed by atoms with van der Waals surface area (Å²) in [5.41, 5.74) is 10.1. The number of anilines is 1. The van der Waals surface area contributed by atoms with Crippen molar-refractivity contribution in [2.75, 3.05) is 38.1 Å². The van der Waals surface area contributed by atoms with Gasteiger partial charge in [-0.3, -0.25) is 4.79 Å². The van der Waals surface area contributed by atoms with E-state index in [-0.39, 0.29) is 29.7 Å². The number of benzene rings is 1. The van der Waals surface area contributed by atoms with Crippen LogP contribution in [0.15, 0.2) is 22.4 Å². The second kappa shape index (κ2) is 12.3. The fourth-order valence-corrected chi connectivity index (χ4v) is 4.47. The lowest BCUT2D eigenvalue weighted by Gasteiger charge is -2.41. The fraction of sp³-hybridized carbons (Fsp3) is 0.640. The third-order valence-electron chi connectivity index (χ3n) is 6.92. The number of nitrogens with two attached hydrogens (primary N) is 1. The SMILES string of the molecule is CCC(CC)N/N=C(\N)C1CN(C)CCN1c1c(F)cc(C2=NOC(C(C)CNC(C)=O)C2)cc1F. The van der Waals surface area contributed by atoms with E-state index in [2.05, 4.69) is 39.7 Å². The smallest absolute Gasteiger partial charge is 0.216 e. The summed E-state index contributed by atoms with van der Waals surface area (Å²) in [5, 5.41) is 11.2. The maximum atomic E-state index is 15.4. The van der Waals surface area contributed by atoms with Gasteiger partial charge in [0.05, 0.1) is 5.71 Å². The summed E-state index contributed by atoms with van der Waals surface area (Å²) in [6.45, 7) is 9.48. The third kappa shape index (κ3) is 6.63. The van der Waals surface area contributed by atoms with Gasteiger partial charge in [0.15, 0.2) is 0 Å². The molecule has 1 aromatic rings. The van der Waals surface area contributed by atoms with Crippen LogP contribution in [0.2, 0.25) is 0 Å². The Morgan fingerprint density at radius 3 is 2.56 bits per heavy atom. The molecule has 9 nitrogen and oxygen atoms in total. The number of hydrogen-bond donors (Lipinski definition) is 3. The van der Waals surface area contributed by atoms with E-state index in [0.717, 1.165) is 12.8 Å². The van der Waals surface area contributed by atoms with Gasteiger partial charge in [0, 0.05) is 57.0 Å². The molecule has 2 aliphatic heterocycles. The van der Waals surface area contributed by atoms with Gasteiger partial charge in [-0.25, -0.2) is 8.78 Å². The molecule has 0 aromatic heterocycles. The monoisotopic (exact) mass is 507 g/mol. The molecule has 1 fully saturated rings. The second-order valence-corrected chi connectivity index (χ2v) is 9.74. The Kier molecular flexibility index (Phi) is 9.47. The number of amides is 1. The summed E-state index contributed by atoms with van der Waals surface area (Å²) in [7, 11) is 1.95. The number of nitrogens with zero attached hydrogens (tertiary/aromatic N) is 4. The molecule has 0 aliphatic carbocycles. The molecule has 0 saturated carbocycles. The van der Waals surface area contributed by atoms with Crippen LogP contribution in [0.3, 0.4) is 0 Å². The number of hydrogen-bond acceptors (Lipinski definition) is 7. The molecule has 2 aliphatic rings. The van der Waals surface area contributed by atoms with E-state index in [1.54, 1.807) is 4.90 Å². The Bertz CT molecular complexity index is 960. The average Bonchev–Trinajstić information content (AvgIpc) is 3.34. The van der Waals surface area contributed by atoms with Gasteiger partial charge in [0.25, 0.3) is 0 Å². The van der Waals surface area contributed by atoms with Crippen molar-refractivity contribution in [2.24, 2.45) is 21.9 Å². The predicted molar refractivity (Wildman–Crippen MR) is 138 cm³/mol. The Morgan fingerprint density at radius 1 is 1.28 bits per heavy atom. The summed E-state index contributed by atoms with van der Waals surface area (Å²) in [4.78, 5) is 20.4. The average molecular weight is 508 g/mol. The maximum Gasteiger partial charge on any atom is 0.216 e. The predicted octanol–water partition coefficient (Wildman–Crippen LogP) is 2.40. The van der Waals surface area contributed by atoms with Crippen molar-refractivity contribution in [3.05, 3.63) is 29.3 Å². The molecule has 1 aromatic carbocycles. The molecular formula is C25H39F2N7O2. The maximum absolute atomic E-state index is 15.4. The molecule has 2 heterocycles. The molecule has 0 spiro atoms. The normalized spacial score (nSPS) is 21.8. The van der Waals surface area contributed by atoms with Crippen LogP contribution in [0.5, 0.6) is 0 Å². The van der Waals surface area contributed by atoms with Gasteiger partial charge in [-0.1, -0.05) is 25.9 Å². The van der Waals surface area contributed by atoms with E-state index in [1.165, 1.54) is 19.1 Å². The Hall–Kier alpha value is -2.95. The van der Waals surface area contributed by atoms with E-state index in [0.29, 0.717) is 49.7 Å². The van der Waals surface area contributed by atoms with Crippen LogP contribution in [0.1, 0.15) is 52.5 Å². The molecule has 11 heteroatoms. The molecule has 0 bridgehead atoms. The molecule has 4 N–H and O–H groups in total. The first-order valence-corrected chi connectivity index (χ1v) is 12.6. The summed E-state index contributed by atoms with van der Waals surface area (Å²) < 4.78 is 30.9. The highest BCUT2D eigenvalue weighted by molar-refractivity contribution is 6.01. The highest BCUT2D eigenvalue weighted by atomic mass is 19.1. The number of rotatable bonds is 10. The minimum Gasteiger partial charge on any atom is -0.391 e. The minimum atomic E-state index is -0.683. The Balaban J connectivity index is 1.79. The van der Waals surface area contributed by atoms with Crippen molar-refractivity contribution in [1.29, 1.82) is 0 Å². The lowest BCUT2D eigenvalue weighted by Crippen LogP contribution is -2.58.